The summed E-state index contributed by atoms with van der Waals surface area (Å²) < 4.78 is 5.61. The highest BCUT2D eigenvalue weighted by atomic mass is 16.5. The van der Waals surface area contributed by atoms with Crippen LogP contribution in [0, 0.1) is 5.92 Å². The first kappa shape index (κ1) is 16.4. The third-order valence-electron chi connectivity index (χ3n) is 2.44. The number of carbonyl (C=O) groups is 1. The van der Waals surface area contributed by atoms with E-state index >= 15 is 0 Å². The van der Waals surface area contributed by atoms with Crippen molar-refractivity contribution in [1.82, 2.24) is 5.32 Å². The summed E-state index contributed by atoms with van der Waals surface area (Å²) in [5.41, 5.74) is 0. The van der Waals surface area contributed by atoms with E-state index in [1.54, 1.807) is 0 Å². The predicted octanol–water partition coefficient (Wildman–Crippen LogP) is 2.28. The van der Waals surface area contributed by atoms with E-state index in [1.807, 2.05) is 20.8 Å². The fourth-order valence-electron chi connectivity index (χ4n) is 1.80. The van der Waals surface area contributed by atoms with Gasteiger partial charge in [-0.25, -0.2) is 0 Å². The summed E-state index contributed by atoms with van der Waals surface area (Å²) in [6, 6.07) is -0.342. The highest BCUT2D eigenvalue weighted by Gasteiger charge is 2.18. The van der Waals surface area contributed by atoms with E-state index in [0.717, 1.165) is 6.42 Å². The van der Waals surface area contributed by atoms with E-state index in [2.05, 4.69) is 19.2 Å². The Hall–Kier alpha value is -0.610. The maximum atomic E-state index is 11.0. The summed E-state index contributed by atoms with van der Waals surface area (Å²) >= 11 is 0. The number of nitrogens with one attached hydrogen (secondary N) is 1. The molecule has 0 saturated carbocycles. The Balaban J connectivity index is 3.85. The van der Waals surface area contributed by atoms with Gasteiger partial charge < -0.3 is 15.2 Å². The second-order valence-corrected chi connectivity index (χ2v) is 5.31. The molecule has 0 aliphatic rings. The van der Waals surface area contributed by atoms with Gasteiger partial charge in [0.1, 0.15) is 6.04 Å². The maximum absolute atomic E-state index is 11.0. The lowest BCUT2D eigenvalue weighted by Gasteiger charge is -2.19. The topological polar surface area (TPSA) is 58.6 Å². The van der Waals surface area contributed by atoms with Crippen LogP contribution in [0.3, 0.4) is 0 Å². The van der Waals surface area contributed by atoms with Gasteiger partial charge in [0, 0.05) is 12.6 Å². The van der Waals surface area contributed by atoms with Gasteiger partial charge >= 0.3 is 5.97 Å². The SMILES string of the molecule is CC(C)CC(C)OCCC(NC(C)C)C(=O)O. The second kappa shape index (κ2) is 8.48. The zero-order valence-electron chi connectivity index (χ0n) is 11.7. The predicted molar refractivity (Wildman–Crippen MR) is 69.2 cm³/mol. The van der Waals surface area contributed by atoms with Crippen molar-refractivity contribution in [2.45, 2.75) is 65.6 Å². The molecule has 0 aromatic carbocycles. The van der Waals surface area contributed by atoms with E-state index in [4.69, 9.17) is 9.84 Å². The molecule has 0 amide bonds. The third kappa shape index (κ3) is 9.12. The molecule has 2 unspecified atom stereocenters. The number of rotatable bonds is 9. The number of hydrogen-bond acceptors (Lipinski definition) is 3. The number of carboxylic acids is 1. The van der Waals surface area contributed by atoms with Gasteiger partial charge in [-0.3, -0.25) is 4.79 Å². The Morgan fingerprint density at radius 1 is 1.24 bits per heavy atom. The normalized spacial score (nSPS) is 15.2. The van der Waals surface area contributed by atoms with Crippen LogP contribution in [0.25, 0.3) is 0 Å². The van der Waals surface area contributed by atoms with Gasteiger partial charge in [0.25, 0.3) is 0 Å². The lowest BCUT2D eigenvalue weighted by atomic mass is 10.1. The Morgan fingerprint density at radius 3 is 2.24 bits per heavy atom. The molecule has 2 atom stereocenters. The van der Waals surface area contributed by atoms with Crippen LogP contribution in [0.4, 0.5) is 0 Å². The maximum Gasteiger partial charge on any atom is 0.320 e. The van der Waals surface area contributed by atoms with Gasteiger partial charge in [-0.05, 0) is 25.7 Å². The van der Waals surface area contributed by atoms with Crippen LogP contribution in [-0.4, -0.2) is 35.9 Å². The summed E-state index contributed by atoms with van der Waals surface area (Å²) in [4.78, 5) is 11.0. The van der Waals surface area contributed by atoms with Crippen LogP contribution in [0.5, 0.6) is 0 Å². The van der Waals surface area contributed by atoms with Gasteiger partial charge in [-0.1, -0.05) is 27.7 Å². The van der Waals surface area contributed by atoms with Gasteiger partial charge in [0.2, 0.25) is 0 Å². The number of ether oxygens (including phenoxy) is 1. The first-order valence-corrected chi connectivity index (χ1v) is 6.43. The summed E-state index contributed by atoms with van der Waals surface area (Å²) in [6.45, 7) is 10.7. The highest BCUT2D eigenvalue weighted by molar-refractivity contribution is 5.73. The first-order valence-electron chi connectivity index (χ1n) is 6.43. The Bertz CT molecular complexity index is 217. The number of aliphatic carboxylic acids is 1. The largest absolute Gasteiger partial charge is 0.480 e. The lowest BCUT2D eigenvalue weighted by molar-refractivity contribution is -0.140. The monoisotopic (exact) mass is 245 g/mol. The van der Waals surface area contributed by atoms with Crippen LogP contribution in [0.2, 0.25) is 0 Å². The van der Waals surface area contributed by atoms with Crippen LogP contribution in [0.15, 0.2) is 0 Å². The summed E-state index contributed by atoms with van der Waals surface area (Å²) in [7, 11) is 0. The molecule has 0 aliphatic heterocycles. The average Bonchev–Trinajstić information content (AvgIpc) is 2.13. The molecule has 4 heteroatoms. The van der Waals surface area contributed by atoms with E-state index < -0.39 is 12.0 Å². The molecular weight excluding hydrogens is 218 g/mol. The summed E-state index contributed by atoms with van der Waals surface area (Å²) in [6.07, 6.45) is 1.72. The minimum atomic E-state index is -0.807. The van der Waals surface area contributed by atoms with Crippen molar-refractivity contribution in [2.75, 3.05) is 6.61 Å². The Labute approximate surface area is 105 Å². The third-order valence-corrected chi connectivity index (χ3v) is 2.44. The van der Waals surface area contributed by atoms with Crippen molar-refractivity contribution in [3.63, 3.8) is 0 Å². The van der Waals surface area contributed by atoms with Crippen molar-refractivity contribution in [3.05, 3.63) is 0 Å². The fraction of sp³-hybridized carbons (Fsp3) is 0.923. The van der Waals surface area contributed by atoms with Crippen LogP contribution >= 0.6 is 0 Å². The average molecular weight is 245 g/mol. The molecule has 0 rings (SSSR count). The first-order chi connectivity index (χ1) is 7.82. The molecule has 102 valence electrons. The van der Waals surface area contributed by atoms with Crippen LogP contribution in [0.1, 0.15) is 47.5 Å². The molecule has 0 radical (unpaired) electrons. The zero-order chi connectivity index (χ0) is 13.4. The van der Waals surface area contributed by atoms with Gasteiger partial charge in [0.05, 0.1) is 6.10 Å². The molecule has 0 fully saturated rings. The van der Waals surface area contributed by atoms with Crippen LogP contribution in [-0.2, 0) is 9.53 Å². The van der Waals surface area contributed by atoms with Crippen molar-refractivity contribution in [3.8, 4) is 0 Å². The lowest BCUT2D eigenvalue weighted by Crippen LogP contribution is -2.41. The molecule has 0 bridgehead atoms. The number of hydrogen-bond donors (Lipinski definition) is 2. The van der Waals surface area contributed by atoms with Crippen LogP contribution < -0.4 is 5.32 Å². The van der Waals surface area contributed by atoms with E-state index in [1.165, 1.54) is 0 Å². The second-order valence-electron chi connectivity index (χ2n) is 5.31. The molecule has 17 heavy (non-hydrogen) atoms. The summed E-state index contributed by atoms with van der Waals surface area (Å²) in [5.74, 6) is -0.201. The minimum Gasteiger partial charge on any atom is -0.480 e. The minimum absolute atomic E-state index is 0.171. The molecule has 0 aromatic rings. The zero-order valence-corrected chi connectivity index (χ0v) is 11.7. The Kier molecular flexibility index (Phi) is 8.17. The van der Waals surface area contributed by atoms with Gasteiger partial charge in [0.15, 0.2) is 0 Å². The summed E-state index contributed by atoms with van der Waals surface area (Å²) in [5, 5.41) is 12.0. The van der Waals surface area contributed by atoms with Crippen molar-refractivity contribution < 1.29 is 14.6 Å². The van der Waals surface area contributed by atoms with Crippen molar-refractivity contribution in [2.24, 2.45) is 5.92 Å². The molecule has 0 aliphatic carbocycles. The molecule has 0 aromatic heterocycles. The van der Waals surface area contributed by atoms with Gasteiger partial charge in [-0.15, -0.1) is 0 Å². The number of carboxylic acid groups (broad SMARTS) is 1. The van der Waals surface area contributed by atoms with Crippen molar-refractivity contribution >= 4 is 5.97 Å². The fourth-order valence-corrected chi connectivity index (χ4v) is 1.80. The molecule has 0 heterocycles. The highest BCUT2D eigenvalue weighted by Crippen LogP contribution is 2.08. The van der Waals surface area contributed by atoms with E-state index in [9.17, 15) is 4.79 Å². The molecule has 2 N–H and O–H groups in total. The molecule has 0 saturated heterocycles. The molecule has 4 nitrogen and oxygen atoms in total. The Morgan fingerprint density at radius 2 is 1.82 bits per heavy atom. The van der Waals surface area contributed by atoms with Crippen molar-refractivity contribution in [1.29, 1.82) is 0 Å². The van der Waals surface area contributed by atoms with E-state index in [-0.39, 0.29) is 12.1 Å². The molecular formula is C13H27NO3. The standard InChI is InChI=1S/C13H27NO3/c1-9(2)8-11(5)17-7-6-12(13(15)16)14-10(3)4/h9-12,14H,6-8H2,1-5H3,(H,15,16). The van der Waals surface area contributed by atoms with E-state index in [0.29, 0.717) is 18.9 Å². The molecule has 0 spiro atoms. The quantitative estimate of drug-likeness (QED) is 0.654. The van der Waals surface area contributed by atoms with Gasteiger partial charge in [-0.2, -0.15) is 0 Å². The smallest absolute Gasteiger partial charge is 0.320 e.